The van der Waals surface area contributed by atoms with Crippen molar-refractivity contribution in [1.29, 1.82) is 0 Å². The summed E-state index contributed by atoms with van der Waals surface area (Å²) >= 11 is 0. The second-order valence-electron chi connectivity index (χ2n) is 10.7. The maximum atomic E-state index is 13.3. The van der Waals surface area contributed by atoms with E-state index in [4.69, 9.17) is 15.2 Å². The SMILES string of the molecule is C[Si](C)(C)CCOCN1C(=O)CCC(N2Cc3c(C#CCOc4ccc(C(N)=O)cn4)cccc3C2=O)C1=O. The molecule has 0 saturated carbocycles. The minimum Gasteiger partial charge on any atom is -0.464 e. The van der Waals surface area contributed by atoms with E-state index < -0.39 is 25.9 Å². The molecule has 2 aliphatic rings. The summed E-state index contributed by atoms with van der Waals surface area (Å²) in [4.78, 5) is 56.9. The first-order valence-corrected chi connectivity index (χ1v) is 16.5. The fraction of sp³-hybridized carbons (Fsp3) is 0.393. The molecule has 3 heterocycles. The Morgan fingerprint density at radius 2 is 1.97 bits per heavy atom. The van der Waals surface area contributed by atoms with E-state index in [0.29, 0.717) is 23.6 Å². The molecule has 0 spiro atoms. The molecule has 1 aromatic heterocycles. The summed E-state index contributed by atoms with van der Waals surface area (Å²) in [5.41, 5.74) is 7.38. The molecule has 1 aromatic carbocycles. The van der Waals surface area contributed by atoms with Gasteiger partial charge in [0.25, 0.3) is 11.8 Å². The molecule has 4 rings (SSSR count). The molecule has 1 fully saturated rings. The highest BCUT2D eigenvalue weighted by Gasteiger charge is 2.43. The average Bonchev–Trinajstić information content (AvgIpc) is 3.22. The van der Waals surface area contributed by atoms with Crippen LogP contribution in [-0.4, -0.2) is 72.5 Å². The lowest BCUT2D eigenvalue weighted by Gasteiger charge is -2.35. The van der Waals surface area contributed by atoms with Gasteiger partial charge in [-0.1, -0.05) is 37.5 Å². The van der Waals surface area contributed by atoms with E-state index in [1.54, 1.807) is 12.1 Å². The zero-order valence-corrected chi connectivity index (χ0v) is 23.4. The maximum absolute atomic E-state index is 13.3. The molecule has 2 aromatic rings. The van der Waals surface area contributed by atoms with Gasteiger partial charge in [0.1, 0.15) is 12.8 Å². The van der Waals surface area contributed by atoms with Crippen LogP contribution in [0.25, 0.3) is 0 Å². The number of carbonyl (C=O) groups excluding carboxylic acids is 4. The van der Waals surface area contributed by atoms with E-state index in [-0.39, 0.29) is 50.1 Å². The molecule has 0 aliphatic carbocycles. The van der Waals surface area contributed by atoms with Crippen LogP contribution in [0.4, 0.5) is 0 Å². The smallest absolute Gasteiger partial charge is 0.255 e. The first kappa shape index (κ1) is 28.0. The Morgan fingerprint density at radius 1 is 1.18 bits per heavy atom. The van der Waals surface area contributed by atoms with Crippen molar-refractivity contribution in [2.24, 2.45) is 5.73 Å². The summed E-state index contributed by atoms with van der Waals surface area (Å²) in [5, 5.41) is 0. The number of rotatable bonds is 9. The molecule has 4 amide bonds. The van der Waals surface area contributed by atoms with Gasteiger partial charge >= 0.3 is 0 Å². The number of primary amides is 1. The number of pyridine rings is 1. The molecular formula is C28H32N4O6Si. The fourth-order valence-corrected chi connectivity index (χ4v) is 5.11. The molecular weight excluding hydrogens is 516 g/mol. The number of hydrogen-bond donors (Lipinski definition) is 1. The number of likely N-dealkylation sites (tertiary alicyclic amines) is 1. The minimum atomic E-state index is -1.30. The summed E-state index contributed by atoms with van der Waals surface area (Å²) in [6.45, 7) is 7.36. The number of amides is 4. The van der Waals surface area contributed by atoms with Crippen LogP contribution in [0.2, 0.25) is 25.7 Å². The van der Waals surface area contributed by atoms with Crippen LogP contribution < -0.4 is 10.5 Å². The Balaban J connectivity index is 1.40. The van der Waals surface area contributed by atoms with Crippen molar-refractivity contribution in [3.8, 4) is 17.7 Å². The quantitative estimate of drug-likeness (QED) is 0.220. The van der Waals surface area contributed by atoms with Crippen LogP contribution in [0.1, 0.15) is 44.7 Å². The highest BCUT2D eigenvalue weighted by atomic mass is 28.3. The number of imide groups is 1. The van der Waals surface area contributed by atoms with E-state index in [0.717, 1.165) is 16.5 Å². The predicted octanol–water partition coefficient (Wildman–Crippen LogP) is 2.40. The van der Waals surface area contributed by atoms with Crippen LogP contribution in [0, 0.1) is 11.8 Å². The Morgan fingerprint density at radius 3 is 2.67 bits per heavy atom. The molecule has 1 unspecified atom stereocenters. The second-order valence-corrected chi connectivity index (χ2v) is 16.3. The topological polar surface area (TPSA) is 132 Å². The highest BCUT2D eigenvalue weighted by Crippen LogP contribution is 2.31. The van der Waals surface area contributed by atoms with E-state index in [1.165, 1.54) is 23.2 Å². The van der Waals surface area contributed by atoms with Gasteiger partial charge in [0.05, 0.1) is 5.56 Å². The third-order valence-electron chi connectivity index (χ3n) is 6.61. The van der Waals surface area contributed by atoms with Crippen LogP contribution in [-0.2, 0) is 20.9 Å². The monoisotopic (exact) mass is 548 g/mol. The lowest BCUT2D eigenvalue weighted by molar-refractivity contribution is -0.158. The summed E-state index contributed by atoms with van der Waals surface area (Å²) in [6.07, 6.45) is 1.78. The third kappa shape index (κ3) is 6.71. The van der Waals surface area contributed by atoms with E-state index >= 15 is 0 Å². The van der Waals surface area contributed by atoms with Crippen molar-refractivity contribution in [3.05, 3.63) is 58.8 Å². The molecule has 2 aliphatic heterocycles. The maximum Gasteiger partial charge on any atom is 0.255 e. The van der Waals surface area contributed by atoms with E-state index in [9.17, 15) is 19.2 Å². The third-order valence-corrected chi connectivity index (χ3v) is 8.31. The number of aromatic nitrogens is 1. The van der Waals surface area contributed by atoms with Gasteiger partial charge in [-0.05, 0) is 36.2 Å². The molecule has 2 N–H and O–H groups in total. The van der Waals surface area contributed by atoms with Gasteiger partial charge in [0.15, 0.2) is 6.61 Å². The molecule has 1 atom stereocenters. The summed E-state index contributed by atoms with van der Waals surface area (Å²) in [7, 11) is -1.30. The lowest BCUT2D eigenvalue weighted by atomic mass is 10.0. The van der Waals surface area contributed by atoms with Crippen LogP contribution in [0.5, 0.6) is 5.88 Å². The molecule has 10 nitrogen and oxygen atoms in total. The molecule has 1 saturated heterocycles. The molecule has 204 valence electrons. The van der Waals surface area contributed by atoms with Gasteiger partial charge in [-0.2, -0.15) is 0 Å². The number of hydrogen-bond acceptors (Lipinski definition) is 7. The van der Waals surface area contributed by atoms with Gasteiger partial charge in [0.2, 0.25) is 17.7 Å². The number of carbonyl (C=O) groups is 4. The largest absolute Gasteiger partial charge is 0.464 e. The number of nitrogens with zero attached hydrogens (tertiary/aromatic N) is 3. The van der Waals surface area contributed by atoms with Gasteiger partial charge in [-0.3, -0.25) is 24.1 Å². The first-order valence-electron chi connectivity index (χ1n) is 12.8. The number of benzene rings is 1. The summed E-state index contributed by atoms with van der Waals surface area (Å²) in [6, 6.07) is 8.53. The molecule has 39 heavy (non-hydrogen) atoms. The number of piperidine rings is 1. The van der Waals surface area contributed by atoms with Crippen LogP contribution in [0.3, 0.4) is 0 Å². The standard InChI is InChI=1S/C28H32N4O6Si/c1-39(2,3)15-14-37-18-32-25(33)12-10-23(28(32)36)31-17-22-19(6-4-8-21(22)27(31)35)7-5-13-38-24-11-9-20(16-30-24)26(29)34/h4,6,8-9,11,16,23H,10,12-15,17-18H2,1-3H3,(H2,29,34). The fourth-order valence-electron chi connectivity index (χ4n) is 4.36. The average molecular weight is 549 g/mol. The van der Waals surface area contributed by atoms with Crippen molar-refractivity contribution in [2.45, 2.75) is 51.1 Å². The van der Waals surface area contributed by atoms with Crippen molar-refractivity contribution < 1.29 is 28.7 Å². The van der Waals surface area contributed by atoms with Gasteiger partial charge in [-0.15, -0.1) is 0 Å². The van der Waals surface area contributed by atoms with Crippen molar-refractivity contribution in [3.63, 3.8) is 0 Å². The normalized spacial score (nSPS) is 17.1. The zero-order valence-electron chi connectivity index (χ0n) is 22.4. The predicted molar refractivity (Wildman–Crippen MR) is 145 cm³/mol. The van der Waals surface area contributed by atoms with E-state index in [1.807, 2.05) is 6.07 Å². The summed E-state index contributed by atoms with van der Waals surface area (Å²) in [5.74, 6) is 4.75. The Bertz CT molecular complexity index is 1340. The Kier molecular flexibility index (Phi) is 8.47. The zero-order chi connectivity index (χ0) is 28.2. The Labute approximate surface area is 228 Å². The summed E-state index contributed by atoms with van der Waals surface area (Å²) < 4.78 is 11.2. The molecule has 0 bridgehead atoms. The minimum absolute atomic E-state index is 0.0418. The lowest BCUT2D eigenvalue weighted by Crippen LogP contribution is -2.55. The van der Waals surface area contributed by atoms with Gasteiger partial charge in [-0.25, -0.2) is 4.98 Å². The Hall–Kier alpha value is -4.01. The molecule has 11 heteroatoms. The second kappa shape index (κ2) is 11.8. The van der Waals surface area contributed by atoms with E-state index in [2.05, 4.69) is 36.5 Å². The van der Waals surface area contributed by atoms with Crippen molar-refractivity contribution >= 4 is 31.7 Å². The highest BCUT2D eigenvalue weighted by molar-refractivity contribution is 6.76. The number of ether oxygens (including phenoxy) is 2. The van der Waals surface area contributed by atoms with Crippen LogP contribution in [0.15, 0.2) is 36.5 Å². The molecule has 0 radical (unpaired) electrons. The van der Waals surface area contributed by atoms with Crippen molar-refractivity contribution in [1.82, 2.24) is 14.8 Å². The number of fused-ring (bicyclic) bond motifs is 1. The van der Waals surface area contributed by atoms with Crippen molar-refractivity contribution in [2.75, 3.05) is 19.9 Å². The van der Waals surface area contributed by atoms with Gasteiger partial charge < -0.3 is 20.1 Å². The number of nitrogens with two attached hydrogens (primary N) is 1. The van der Waals surface area contributed by atoms with Crippen LogP contribution >= 0.6 is 0 Å². The first-order chi connectivity index (χ1) is 18.5. The van der Waals surface area contributed by atoms with Gasteiger partial charge in [0, 0.05) is 51.0 Å².